The summed E-state index contributed by atoms with van der Waals surface area (Å²) in [5.41, 5.74) is 1.96. The van der Waals surface area contributed by atoms with Gasteiger partial charge in [0, 0.05) is 37.4 Å². The first-order valence-corrected chi connectivity index (χ1v) is 8.71. The van der Waals surface area contributed by atoms with Gasteiger partial charge in [0.2, 0.25) is 5.91 Å². The highest BCUT2D eigenvalue weighted by atomic mass is 32.2. The summed E-state index contributed by atoms with van der Waals surface area (Å²) in [6.07, 6.45) is 7.00. The Bertz CT molecular complexity index is 836. The smallest absolute Gasteiger partial charge is 0.230 e. The van der Waals surface area contributed by atoms with E-state index in [-0.39, 0.29) is 5.91 Å². The molecule has 6 nitrogen and oxygen atoms in total. The number of hydrogen-bond acceptors (Lipinski definition) is 5. The van der Waals surface area contributed by atoms with Gasteiger partial charge in [0.15, 0.2) is 5.16 Å². The number of methoxy groups -OCH3 is 1. The van der Waals surface area contributed by atoms with Crippen LogP contribution in [0.4, 0.5) is 0 Å². The van der Waals surface area contributed by atoms with Crippen LogP contribution in [0.1, 0.15) is 5.56 Å². The lowest BCUT2D eigenvalue weighted by Gasteiger charge is -2.09. The van der Waals surface area contributed by atoms with Crippen molar-refractivity contribution >= 4 is 17.7 Å². The number of ether oxygens (including phenoxy) is 1. The highest BCUT2D eigenvalue weighted by Gasteiger charge is 2.09. The molecule has 0 aliphatic heterocycles. The minimum absolute atomic E-state index is 0.0398. The van der Waals surface area contributed by atoms with E-state index in [1.807, 2.05) is 47.2 Å². The minimum atomic E-state index is -0.0398. The molecular weight excluding hydrogens is 336 g/mol. The zero-order valence-electron chi connectivity index (χ0n) is 13.8. The van der Waals surface area contributed by atoms with Gasteiger partial charge in [-0.3, -0.25) is 14.3 Å². The molecule has 0 atom stereocenters. The SMILES string of the molecule is COc1cccc(-n2ccnc2SCC(=O)NCc2ccncc2)c1. The molecule has 0 aliphatic carbocycles. The van der Waals surface area contributed by atoms with Crippen molar-refractivity contribution in [3.63, 3.8) is 0 Å². The zero-order chi connectivity index (χ0) is 17.5. The quantitative estimate of drug-likeness (QED) is 0.661. The Balaban J connectivity index is 1.58. The standard InChI is InChI=1S/C18H18N4O2S/c1-24-16-4-2-3-15(11-16)22-10-9-20-18(22)25-13-17(23)21-12-14-5-7-19-8-6-14/h2-11H,12-13H2,1H3,(H,21,23). The molecule has 3 aromatic rings. The van der Waals surface area contributed by atoms with Crippen molar-refractivity contribution in [1.29, 1.82) is 0 Å². The lowest BCUT2D eigenvalue weighted by molar-refractivity contribution is -0.118. The Hall–Kier alpha value is -2.80. The maximum atomic E-state index is 12.1. The lowest BCUT2D eigenvalue weighted by Crippen LogP contribution is -2.24. The predicted molar refractivity (Wildman–Crippen MR) is 96.9 cm³/mol. The normalized spacial score (nSPS) is 10.4. The minimum Gasteiger partial charge on any atom is -0.497 e. The number of carbonyl (C=O) groups excluding carboxylic acids is 1. The lowest BCUT2D eigenvalue weighted by atomic mass is 10.3. The number of hydrogen-bond donors (Lipinski definition) is 1. The third-order valence-corrected chi connectivity index (χ3v) is 4.48. The first-order valence-electron chi connectivity index (χ1n) is 7.72. The van der Waals surface area contributed by atoms with Crippen molar-refractivity contribution < 1.29 is 9.53 Å². The van der Waals surface area contributed by atoms with E-state index < -0.39 is 0 Å². The molecule has 1 amide bonds. The summed E-state index contributed by atoms with van der Waals surface area (Å²) in [5, 5.41) is 3.65. The first-order chi connectivity index (χ1) is 12.3. The van der Waals surface area contributed by atoms with Crippen molar-refractivity contribution in [2.24, 2.45) is 0 Å². The summed E-state index contributed by atoms with van der Waals surface area (Å²) < 4.78 is 7.19. The number of thioether (sulfide) groups is 1. The topological polar surface area (TPSA) is 69.0 Å². The summed E-state index contributed by atoms with van der Waals surface area (Å²) in [6.45, 7) is 0.492. The molecule has 0 radical (unpaired) electrons. The third-order valence-electron chi connectivity index (χ3n) is 3.51. The average Bonchev–Trinajstić information content (AvgIpc) is 3.14. The van der Waals surface area contributed by atoms with E-state index in [9.17, 15) is 4.79 Å². The molecule has 0 saturated heterocycles. The Labute approximate surface area is 150 Å². The van der Waals surface area contributed by atoms with Crippen LogP contribution in [0.2, 0.25) is 0 Å². The summed E-state index contributed by atoms with van der Waals surface area (Å²) >= 11 is 1.39. The summed E-state index contributed by atoms with van der Waals surface area (Å²) in [6, 6.07) is 11.5. The second-order valence-electron chi connectivity index (χ2n) is 5.20. The second kappa shape index (κ2) is 8.34. The highest BCUT2D eigenvalue weighted by Crippen LogP contribution is 2.23. The molecular formula is C18H18N4O2S. The number of nitrogens with one attached hydrogen (secondary N) is 1. The number of aromatic nitrogens is 3. The van der Waals surface area contributed by atoms with Crippen LogP contribution in [0, 0.1) is 0 Å². The molecule has 25 heavy (non-hydrogen) atoms. The van der Waals surface area contributed by atoms with Gasteiger partial charge in [-0.15, -0.1) is 0 Å². The Morgan fingerprint density at radius 1 is 1.24 bits per heavy atom. The largest absolute Gasteiger partial charge is 0.497 e. The maximum Gasteiger partial charge on any atom is 0.230 e. The van der Waals surface area contributed by atoms with Crippen LogP contribution in [0.15, 0.2) is 66.3 Å². The van der Waals surface area contributed by atoms with E-state index in [2.05, 4.69) is 15.3 Å². The molecule has 128 valence electrons. The maximum absolute atomic E-state index is 12.1. The van der Waals surface area contributed by atoms with E-state index in [0.717, 1.165) is 22.2 Å². The monoisotopic (exact) mass is 354 g/mol. The number of carbonyl (C=O) groups is 1. The number of nitrogens with zero attached hydrogens (tertiary/aromatic N) is 3. The molecule has 0 spiro atoms. The third kappa shape index (κ3) is 4.60. The molecule has 0 fully saturated rings. The van der Waals surface area contributed by atoms with E-state index in [0.29, 0.717) is 12.3 Å². The van der Waals surface area contributed by atoms with Crippen LogP contribution in [0.5, 0.6) is 5.75 Å². The molecule has 0 aliphatic rings. The van der Waals surface area contributed by atoms with Gasteiger partial charge >= 0.3 is 0 Å². The van der Waals surface area contributed by atoms with E-state index in [1.165, 1.54) is 11.8 Å². The van der Waals surface area contributed by atoms with Crippen LogP contribution in [-0.4, -0.2) is 33.3 Å². The second-order valence-corrected chi connectivity index (χ2v) is 6.14. The average molecular weight is 354 g/mol. The van der Waals surface area contributed by atoms with Crippen molar-refractivity contribution in [2.45, 2.75) is 11.7 Å². The van der Waals surface area contributed by atoms with Crippen molar-refractivity contribution in [2.75, 3.05) is 12.9 Å². The van der Waals surface area contributed by atoms with Crippen LogP contribution in [0.25, 0.3) is 5.69 Å². The molecule has 1 N–H and O–H groups in total. The van der Waals surface area contributed by atoms with Gasteiger partial charge in [-0.05, 0) is 29.8 Å². The number of pyridine rings is 1. The molecule has 2 heterocycles. The van der Waals surface area contributed by atoms with Crippen LogP contribution < -0.4 is 10.1 Å². The number of imidazole rings is 1. The number of benzene rings is 1. The number of rotatable bonds is 7. The van der Waals surface area contributed by atoms with Crippen molar-refractivity contribution in [3.05, 3.63) is 66.7 Å². The van der Waals surface area contributed by atoms with E-state index >= 15 is 0 Å². The summed E-state index contributed by atoms with van der Waals surface area (Å²) in [7, 11) is 1.63. The Kier molecular flexibility index (Phi) is 5.69. The van der Waals surface area contributed by atoms with Crippen molar-refractivity contribution in [3.8, 4) is 11.4 Å². The van der Waals surface area contributed by atoms with Crippen LogP contribution in [0.3, 0.4) is 0 Å². The molecule has 0 saturated carbocycles. The predicted octanol–water partition coefficient (Wildman–Crippen LogP) is 2.68. The van der Waals surface area contributed by atoms with Crippen LogP contribution in [-0.2, 0) is 11.3 Å². The van der Waals surface area contributed by atoms with Gasteiger partial charge in [-0.1, -0.05) is 17.8 Å². The van der Waals surface area contributed by atoms with Gasteiger partial charge < -0.3 is 10.1 Å². The van der Waals surface area contributed by atoms with Gasteiger partial charge in [0.1, 0.15) is 5.75 Å². The summed E-state index contributed by atoms with van der Waals surface area (Å²) in [4.78, 5) is 20.3. The highest BCUT2D eigenvalue weighted by molar-refractivity contribution is 7.99. The Morgan fingerprint density at radius 2 is 2.08 bits per heavy atom. The van der Waals surface area contributed by atoms with Gasteiger partial charge in [0.25, 0.3) is 0 Å². The number of amides is 1. The summed E-state index contributed by atoms with van der Waals surface area (Å²) in [5.74, 6) is 1.03. The van der Waals surface area contributed by atoms with Crippen molar-refractivity contribution in [1.82, 2.24) is 19.9 Å². The van der Waals surface area contributed by atoms with Gasteiger partial charge in [-0.25, -0.2) is 4.98 Å². The molecule has 3 rings (SSSR count). The van der Waals surface area contributed by atoms with Gasteiger partial charge in [0.05, 0.1) is 18.6 Å². The zero-order valence-corrected chi connectivity index (χ0v) is 14.6. The fourth-order valence-electron chi connectivity index (χ4n) is 2.24. The molecule has 1 aromatic carbocycles. The molecule has 0 unspecified atom stereocenters. The molecule has 2 aromatic heterocycles. The molecule has 0 bridgehead atoms. The van der Waals surface area contributed by atoms with E-state index in [4.69, 9.17) is 4.74 Å². The fourth-order valence-corrected chi connectivity index (χ4v) is 3.04. The molecule has 7 heteroatoms. The van der Waals surface area contributed by atoms with Crippen LogP contribution >= 0.6 is 11.8 Å². The first kappa shape index (κ1) is 17.0. The Morgan fingerprint density at radius 3 is 2.88 bits per heavy atom. The van der Waals surface area contributed by atoms with E-state index in [1.54, 1.807) is 25.7 Å². The van der Waals surface area contributed by atoms with Gasteiger partial charge in [-0.2, -0.15) is 0 Å². The fraction of sp³-hybridized carbons (Fsp3) is 0.167.